The number of amides is 2. The molecule has 3 aromatic rings. The van der Waals surface area contributed by atoms with Crippen LogP contribution in [0.5, 0.6) is 17.2 Å². The van der Waals surface area contributed by atoms with Gasteiger partial charge in [-0.1, -0.05) is 42.0 Å². The van der Waals surface area contributed by atoms with E-state index in [2.05, 4.69) is 29.6 Å². The maximum Gasteiger partial charge on any atom is 0.247 e. The Balaban J connectivity index is 1.43. The first kappa shape index (κ1) is 30.1. The lowest BCUT2D eigenvalue weighted by Gasteiger charge is -2.27. The van der Waals surface area contributed by atoms with Crippen molar-refractivity contribution in [3.05, 3.63) is 89.0 Å². The molecule has 3 aliphatic rings. The van der Waals surface area contributed by atoms with Gasteiger partial charge in [0, 0.05) is 17.9 Å². The van der Waals surface area contributed by atoms with Crippen molar-refractivity contribution in [3.8, 4) is 17.2 Å². The highest BCUT2D eigenvalue weighted by molar-refractivity contribution is 6.03. The fourth-order valence-electron chi connectivity index (χ4n) is 5.75. The number of carbonyl (C=O) groups excluding carboxylic acids is 3. The van der Waals surface area contributed by atoms with Crippen LogP contribution in [-0.2, 0) is 22.4 Å². The summed E-state index contributed by atoms with van der Waals surface area (Å²) < 4.78 is 16.8. The number of hydrogen-bond donors (Lipinski definition) is 3. The summed E-state index contributed by atoms with van der Waals surface area (Å²) in [7, 11) is 0. The summed E-state index contributed by atoms with van der Waals surface area (Å²) in [6, 6.07) is 19.8. The molecule has 3 heterocycles. The molecule has 2 amide bonds. The summed E-state index contributed by atoms with van der Waals surface area (Å²) >= 11 is 0. The minimum absolute atomic E-state index is 0.0835. The van der Waals surface area contributed by atoms with E-state index in [4.69, 9.17) is 14.2 Å². The van der Waals surface area contributed by atoms with Gasteiger partial charge in [0.15, 0.2) is 17.3 Å². The van der Waals surface area contributed by atoms with Crippen LogP contribution in [0.4, 0.5) is 0 Å². The van der Waals surface area contributed by atoms with Crippen molar-refractivity contribution in [2.45, 2.75) is 57.9 Å². The van der Waals surface area contributed by atoms with Crippen molar-refractivity contribution in [1.29, 1.82) is 0 Å². The summed E-state index contributed by atoms with van der Waals surface area (Å²) in [6.45, 7) is 2.58. The average molecular weight is 587 g/mol. The van der Waals surface area contributed by atoms with E-state index in [1.807, 2.05) is 31.2 Å². The van der Waals surface area contributed by atoms with Gasteiger partial charge in [0.25, 0.3) is 0 Å². The Hall–Kier alpha value is -4.37. The Labute approximate surface area is 251 Å². The summed E-state index contributed by atoms with van der Waals surface area (Å²) in [5, 5.41) is 12.6. The second-order valence-electron chi connectivity index (χ2n) is 11.3. The van der Waals surface area contributed by atoms with Crippen LogP contribution in [-0.4, -0.2) is 42.2 Å². The maximum absolute atomic E-state index is 14.1. The van der Waals surface area contributed by atoms with Gasteiger partial charge in [0.05, 0.1) is 18.6 Å². The molecule has 0 spiro atoms. The topological polar surface area (TPSA) is 123 Å². The SMILES string of the molecule is Cc1ccc(CCC[C@H]2C(=O)N[C@H](C(=O)c3ccc4c(c3)OCO4)Cc3ccc(cc3)OCCCC[C@@H]2C(=O)NO)cc1. The molecule has 2 bridgehead atoms. The number of rotatable bonds is 7. The minimum atomic E-state index is -0.901. The maximum atomic E-state index is 14.1. The number of carbonyl (C=O) groups is 3. The molecule has 0 saturated carbocycles. The molecule has 9 nitrogen and oxygen atoms in total. The van der Waals surface area contributed by atoms with Gasteiger partial charge in [-0.05, 0) is 86.9 Å². The lowest BCUT2D eigenvalue weighted by Crippen LogP contribution is -2.48. The highest BCUT2D eigenvalue weighted by atomic mass is 16.7. The van der Waals surface area contributed by atoms with E-state index in [0.29, 0.717) is 61.5 Å². The molecule has 3 aromatic carbocycles. The van der Waals surface area contributed by atoms with Gasteiger partial charge in [-0.3, -0.25) is 19.6 Å². The van der Waals surface area contributed by atoms with Crippen molar-refractivity contribution in [3.63, 3.8) is 0 Å². The zero-order valence-electron chi connectivity index (χ0n) is 24.3. The standard InChI is InChI=1S/C34H38N2O7/c1-22-8-10-23(11-9-22)5-4-7-27-28(34(39)36-40)6-2-3-18-41-26-15-12-24(13-16-26)19-29(35-33(27)38)32(37)25-14-17-30-31(20-25)43-21-42-30/h8-17,20,27-29,40H,2-7,18-19,21H2,1H3,(H,35,38)(H,36,39)/t27-,28+,29+/m1/s1. The number of nitrogens with one attached hydrogen (secondary N) is 2. The number of Topliss-reactive ketones (excluding diaryl/α,β-unsaturated/α-hetero) is 1. The van der Waals surface area contributed by atoms with Crippen molar-refractivity contribution >= 4 is 17.6 Å². The Bertz CT molecular complexity index is 1420. The number of hydrogen-bond acceptors (Lipinski definition) is 7. The van der Waals surface area contributed by atoms with Gasteiger partial charge in [0.2, 0.25) is 18.6 Å². The number of ketones is 1. The fraction of sp³-hybridized carbons (Fsp3) is 0.382. The Morgan fingerprint density at radius 2 is 1.72 bits per heavy atom. The number of fused-ring (bicyclic) bond motifs is 13. The largest absolute Gasteiger partial charge is 0.494 e. The molecule has 0 aliphatic carbocycles. The van der Waals surface area contributed by atoms with Crippen LogP contribution >= 0.6 is 0 Å². The summed E-state index contributed by atoms with van der Waals surface area (Å²) in [5.74, 6) is -1.06. The Morgan fingerprint density at radius 3 is 2.49 bits per heavy atom. The lowest BCUT2D eigenvalue weighted by atomic mass is 9.82. The van der Waals surface area contributed by atoms with E-state index in [9.17, 15) is 19.6 Å². The lowest BCUT2D eigenvalue weighted by molar-refractivity contribution is -0.141. The van der Waals surface area contributed by atoms with E-state index < -0.39 is 23.8 Å². The van der Waals surface area contributed by atoms with Gasteiger partial charge in [-0.2, -0.15) is 0 Å². The van der Waals surface area contributed by atoms with E-state index in [1.54, 1.807) is 23.7 Å². The van der Waals surface area contributed by atoms with Gasteiger partial charge in [0.1, 0.15) is 5.75 Å². The fourth-order valence-corrected chi connectivity index (χ4v) is 5.75. The number of aryl methyl sites for hydroxylation is 2. The van der Waals surface area contributed by atoms with Crippen molar-refractivity contribution in [2.24, 2.45) is 11.8 Å². The Morgan fingerprint density at radius 1 is 0.953 bits per heavy atom. The first-order valence-electron chi connectivity index (χ1n) is 14.9. The predicted octanol–water partition coefficient (Wildman–Crippen LogP) is 4.96. The van der Waals surface area contributed by atoms with Gasteiger partial charge in [-0.15, -0.1) is 0 Å². The van der Waals surface area contributed by atoms with Crippen molar-refractivity contribution in [1.82, 2.24) is 10.8 Å². The predicted molar refractivity (Wildman–Crippen MR) is 159 cm³/mol. The van der Waals surface area contributed by atoms with Crippen LogP contribution in [0.15, 0.2) is 66.7 Å². The number of ether oxygens (including phenoxy) is 3. The molecule has 3 N–H and O–H groups in total. The second-order valence-corrected chi connectivity index (χ2v) is 11.3. The molecule has 0 saturated heterocycles. The molecule has 0 radical (unpaired) electrons. The van der Waals surface area contributed by atoms with Crippen LogP contribution in [0.1, 0.15) is 59.2 Å². The molecule has 226 valence electrons. The summed E-state index contributed by atoms with van der Waals surface area (Å²) in [5.41, 5.74) is 5.32. The monoisotopic (exact) mass is 586 g/mol. The molecule has 0 fully saturated rings. The van der Waals surface area contributed by atoms with Crippen LogP contribution in [0, 0.1) is 18.8 Å². The third-order valence-electron chi connectivity index (χ3n) is 8.20. The first-order chi connectivity index (χ1) is 20.9. The Kier molecular flexibility index (Phi) is 9.94. The molecular weight excluding hydrogens is 548 g/mol. The average Bonchev–Trinajstić information content (AvgIpc) is 3.50. The van der Waals surface area contributed by atoms with E-state index in [-0.39, 0.29) is 24.9 Å². The quantitative estimate of drug-likeness (QED) is 0.203. The van der Waals surface area contributed by atoms with Crippen LogP contribution < -0.4 is 25.0 Å². The third kappa shape index (κ3) is 7.73. The van der Waals surface area contributed by atoms with Gasteiger partial charge < -0.3 is 19.5 Å². The molecule has 3 aliphatic heterocycles. The normalized spacial score (nSPS) is 20.3. The highest BCUT2D eigenvalue weighted by Gasteiger charge is 2.35. The van der Waals surface area contributed by atoms with E-state index >= 15 is 0 Å². The van der Waals surface area contributed by atoms with Gasteiger partial charge >= 0.3 is 0 Å². The molecule has 0 aromatic heterocycles. The molecule has 43 heavy (non-hydrogen) atoms. The summed E-state index contributed by atoms with van der Waals surface area (Å²) in [4.78, 5) is 40.9. The van der Waals surface area contributed by atoms with Crippen LogP contribution in [0.25, 0.3) is 0 Å². The van der Waals surface area contributed by atoms with E-state index in [0.717, 1.165) is 17.5 Å². The molecular formula is C34H38N2O7. The highest BCUT2D eigenvalue weighted by Crippen LogP contribution is 2.33. The van der Waals surface area contributed by atoms with E-state index in [1.165, 1.54) is 5.56 Å². The zero-order valence-corrected chi connectivity index (χ0v) is 24.3. The first-order valence-corrected chi connectivity index (χ1v) is 14.9. The zero-order chi connectivity index (χ0) is 30.2. The third-order valence-corrected chi connectivity index (χ3v) is 8.20. The molecule has 9 heteroatoms. The smallest absolute Gasteiger partial charge is 0.247 e. The number of benzene rings is 3. The second kappa shape index (κ2) is 14.2. The van der Waals surface area contributed by atoms with Crippen molar-refractivity contribution < 1.29 is 33.8 Å². The van der Waals surface area contributed by atoms with Crippen LogP contribution in [0.3, 0.4) is 0 Å². The van der Waals surface area contributed by atoms with Crippen molar-refractivity contribution in [2.75, 3.05) is 13.4 Å². The minimum Gasteiger partial charge on any atom is -0.494 e. The molecule has 3 atom stereocenters. The summed E-state index contributed by atoms with van der Waals surface area (Å²) in [6.07, 6.45) is 3.73. The van der Waals surface area contributed by atoms with Gasteiger partial charge in [-0.25, -0.2) is 5.48 Å². The molecule has 0 unspecified atom stereocenters. The van der Waals surface area contributed by atoms with Crippen LogP contribution in [0.2, 0.25) is 0 Å². The molecule has 6 rings (SSSR count). The number of hydroxylamine groups is 1.